The number of aromatic amines is 1. The minimum atomic E-state index is -1.02. The molecule has 2 amide bonds. The van der Waals surface area contributed by atoms with E-state index in [9.17, 15) is 14.7 Å². The van der Waals surface area contributed by atoms with Gasteiger partial charge in [-0.25, -0.2) is 0 Å². The van der Waals surface area contributed by atoms with Crippen LogP contribution in [0.3, 0.4) is 0 Å². The van der Waals surface area contributed by atoms with Crippen LogP contribution in [0.5, 0.6) is 11.5 Å². The normalized spacial score (nSPS) is 15.7. The molecule has 0 fully saturated rings. The standard InChI is InChI=1S/C22H21N3O5/c26-11-18(24-21(27)13-5-6-19-20(9-13)30-12-29-19)22(28)25-8-7-15-14-3-1-2-4-16(14)23-17(15)10-25/h1-6,9,18,23,26H,7-8,10-12H2,(H,24,27)/t18-/m0/s1. The van der Waals surface area contributed by atoms with Crippen LogP contribution in [0.2, 0.25) is 0 Å². The van der Waals surface area contributed by atoms with Crippen LogP contribution in [0.25, 0.3) is 10.9 Å². The summed E-state index contributed by atoms with van der Waals surface area (Å²) in [5, 5.41) is 13.6. The number of amides is 2. The summed E-state index contributed by atoms with van der Waals surface area (Å²) in [5.41, 5.74) is 3.60. The van der Waals surface area contributed by atoms with Gasteiger partial charge in [0.1, 0.15) is 6.04 Å². The number of nitrogens with one attached hydrogen (secondary N) is 2. The molecule has 8 nitrogen and oxygen atoms in total. The van der Waals surface area contributed by atoms with E-state index in [1.807, 2.05) is 18.2 Å². The van der Waals surface area contributed by atoms with Gasteiger partial charge >= 0.3 is 0 Å². The molecule has 1 aromatic heterocycles. The van der Waals surface area contributed by atoms with Crippen molar-refractivity contribution in [1.29, 1.82) is 0 Å². The Hall–Kier alpha value is -3.52. The number of carbonyl (C=O) groups is 2. The zero-order valence-corrected chi connectivity index (χ0v) is 16.2. The number of para-hydroxylation sites is 1. The molecule has 2 aliphatic heterocycles. The quantitative estimate of drug-likeness (QED) is 0.609. The van der Waals surface area contributed by atoms with Crippen molar-refractivity contribution < 1.29 is 24.2 Å². The van der Waals surface area contributed by atoms with E-state index in [1.54, 1.807) is 23.1 Å². The monoisotopic (exact) mass is 407 g/mol. The predicted octanol–water partition coefficient (Wildman–Crippen LogP) is 1.57. The lowest BCUT2D eigenvalue weighted by atomic mass is 10.0. The van der Waals surface area contributed by atoms with Crippen molar-refractivity contribution in [3.63, 3.8) is 0 Å². The molecule has 2 aromatic carbocycles. The molecule has 2 aliphatic rings. The van der Waals surface area contributed by atoms with E-state index in [4.69, 9.17) is 9.47 Å². The number of rotatable bonds is 4. The van der Waals surface area contributed by atoms with Crippen LogP contribution >= 0.6 is 0 Å². The van der Waals surface area contributed by atoms with E-state index in [0.29, 0.717) is 30.2 Å². The van der Waals surface area contributed by atoms with Crippen LogP contribution in [0.15, 0.2) is 42.5 Å². The van der Waals surface area contributed by atoms with Gasteiger partial charge < -0.3 is 29.8 Å². The molecule has 3 N–H and O–H groups in total. The molecular formula is C22H21N3O5. The summed E-state index contributed by atoms with van der Waals surface area (Å²) < 4.78 is 10.5. The summed E-state index contributed by atoms with van der Waals surface area (Å²) in [7, 11) is 0. The van der Waals surface area contributed by atoms with Gasteiger partial charge in [0.05, 0.1) is 13.2 Å². The lowest BCUT2D eigenvalue weighted by Gasteiger charge is -2.30. The van der Waals surface area contributed by atoms with E-state index in [0.717, 1.165) is 17.6 Å². The van der Waals surface area contributed by atoms with Gasteiger partial charge in [-0.2, -0.15) is 0 Å². The smallest absolute Gasteiger partial charge is 0.252 e. The van der Waals surface area contributed by atoms with E-state index >= 15 is 0 Å². The average molecular weight is 407 g/mol. The fourth-order valence-corrected chi connectivity index (χ4v) is 4.07. The Morgan fingerprint density at radius 1 is 1.17 bits per heavy atom. The van der Waals surface area contributed by atoms with Gasteiger partial charge in [0.25, 0.3) is 5.91 Å². The van der Waals surface area contributed by atoms with Crippen LogP contribution in [-0.4, -0.2) is 52.8 Å². The van der Waals surface area contributed by atoms with Gasteiger partial charge in [-0.15, -0.1) is 0 Å². The molecule has 0 spiro atoms. The number of aliphatic hydroxyl groups excluding tert-OH is 1. The highest BCUT2D eigenvalue weighted by Crippen LogP contribution is 2.32. The van der Waals surface area contributed by atoms with E-state index in [1.165, 1.54) is 10.9 Å². The highest BCUT2D eigenvalue weighted by atomic mass is 16.7. The van der Waals surface area contributed by atoms with E-state index in [-0.39, 0.29) is 12.7 Å². The Balaban J connectivity index is 1.30. The third-order valence-electron chi connectivity index (χ3n) is 5.62. The molecular weight excluding hydrogens is 386 g/mol. The summed E-state index contributed by atoms with van der Waals surface area (Å²) in [4.78, 5) is 30.7. The van der Waals surface area contributed by atoms with Gasteiger partial charge in [0.15, 0.2) is 11.5 Å². The SMILES string of the molecule is O=C(N[C@@H](CO)C(=O)N1CCc2c([nH]c3ccccc23)C1)c1ccc2c(c1)OCO2. The molecule has 0 saturated heterocycles. The number of nitrogens with zero attached hydrogens (tertiary/aromatic N) is 1. The second kappa shape index (κ2) is 7.38. The van der Waals surface area contributed by atoms with Crippen molar-refractivity contribution >= 4 is 22.7 Å². The first-order chi connectivity index (χ1) is 14.6. The number of benzene rings is 2. The van der Waals surface area contributed by atoms with Gasteiger partial charge in [-0.05, 0) is 36.2 Å². The summed E-state index contributed by atoms with van der Waals surface area (Å²) >= 11 is 0. The molecule has 8 heteroatoms. The fourth-order valence-electron chi connectivity index (χ4n) is 4.07. The molecule has 5 rings (SSSR count). The molecule has 3 aromatic rings. The third kappa shape index (κ3) is 3.15. The number of aromatic nitrogens is 1. The molecule has 0 radical (unpaired) electrons. The Morgan fingerprint density at radius 3 is 2.87 bits per heavy atom. The lowest BCUT2D eigenvalue weighted by Crippen LogP contribution is -2.51. The second-order valence-corrected chi connectivity index (χ2v) is 7.41. The van der Waals surface area contributed by atoms with Crippen molar-refractivity contribution in [1.82, 2.24) is 15.2 Å². The largest absolute Gasteiger partial charge is 0.454 e. The van der Waals surface area contributed by atoms with Crippen molar-refractivity contribution in [3.8, 4) is 11.5 Å². The van der Waals surface area contributed by atoms with Crippen LogP contribution < -0.4 is 14.8 Å². The summed E-state index contributed by atoms with van der Waals surface area (Å²) in [6.45, 7) is 0.581. The Kier molecular flexibility index (Phi) is 4.55. The van der Waals surface area contributed by atoms with E-state index in [2.05, 4.69) is 16.4 Å². The topological polar surface area (TPSA) is 104 Å². The number of hydrogen-bond donors (Lipinski definition) is 3. The predicted molar refractivity (Wildman–Crippen MR) is 108 cm³/mol. The Labute approximate surface area is 172 Å². The van der Waals surface area contributed by atoms with E-state index < -0.39 is 18.6 Å². The molecule has 30 heavy (non-hydrogen) atoms. The first-order valence-corrected chi connectivity index (χ1v) is 9.82. The maximum atomic E-state index is 13.0. The molecule has 1 atom stereocenters. The molecule has 3 heterocycles. The van der Waals surface area contributed by atoms with Crippen molar-refractivity contribution in [2.45, 2.75) is 19.0 Å². The third-order valence-corrected chi connectivity index (χ3v) is 5.62. The maximum absolute atomic E-state index is 13.0. The second-order valence-electron chi connectivity index (χ2n) is 7.41. The van der Waals surface area contributed by atoms with Crippen molar-refractivity contribution in [3.05, 3.63) is 59.3 Å². The average Bonchev–Trinajstić information content (AvgIpc) is 3.39. The van der Waals surface area contributed by atoms with Crippen LogP contribution in [0, 0.1) is 0 Å². The highest BCUT2D eigenvalue weighted by Gasteiger charge is 2.30. The minimum Gasteiger partial charge on any atom is -0.454 e. The van der Waals surface area contributed by atoms with Crippen LogP contribution in [-0.2, 0) is 17.8 Å². The van der Waals surface area contributed by atoms with Crippen LogP contribution in [0.4, 0.5) is 0 Å². The van der Waals surface area contributed by atoms with Crippen molar-refractivity contribution in [2.75, 3.05) is 19.9 Å². The first kappa shape index (κ1) is 18.5. The Morgan fingerprint density at radius 2 is 2.00 bits per heavy atom. The lowest BCUT2D eigenvalue weighted by molar-refractivity contribution is -0.135. The van der Waals surface area contributed by atoms with Gasteiger partial charge in [-0.1, -0.05) is 18.2 Å². The molecule has 154 valence electrons. The van der Waals surface area contributed by atoms with Gasteiger partial charge in [-0.3, -0.25) is 9.59 Å². The Bertz CT molecular complexity index is 1140. The molecule has 0 aliphatic carbocycles. The zero-order valence-electron chi connectivity index (χ0n) is 16.2. The molecule has 0 bridgehead atoms. The fraction of sp³-hybridized carbons (Fsp3) is 0.273. The summed E-state index contributed by atoms with van der Waals surface area (Å²) in [6, 6.07) is 11.9. The zero-order chi connectivity index (χ0) is 20.7. The molecule has 0 saturated carbocycles. The minimum absolute atomic E-state index is 0.114. The number of H-pyrrole nitrogens is 1. The molecule has 0 unspecified atom stereocenters. The number of hydrogen-bond acceptors (Lipinski definition) is 5. The maximum Gasteiger partial charge on any atom is 0.252 e. The van der Waals surface area contributed by atoms with Gasteiger partial charge in [0.2, 0.25) is 12.7 Å². The summed E-state index contributed by atoms with van der Waals surface area (Å²) in [6.07, 6.45) is 0.722. The number of carbonyl (C=O) groups excluding carboxylic acids is 2. The number of aliphatic hydroxyl groups is 1. The summed E-state index contributed by atoms with van der Waals surface area (Å²) in [5.74, 6) is 0.292. The number of fused-ring (bicyclic) bond motifs is 4. The first-order valence-electron chi connectivity index (χ1n) is 9.82. The van der Waals surface area contributed by atoms with Gasteiger partial charge in [0, 0.05) is 28.7 Å². The number of ether oxygens (including phenoxy) is 2. The van der Waals surface area contributed by atoms with Crippen LogP contribution in [0.1, 0.15) is 21.6 Å². The van der Waals surface area contributed by atoms with Crippen molar-refractivity contribution in [2.24, 2.45) is 0 Å². The highest BCUT2D eigenvalue weighted by molar-refractivity contribution is 5.98.